The number of halogens is 3. The van der Waals surface area contributed by atoms with Gasteiger partial charge in [0.2, 0.25) is 21.9 Å². The van der Waals surface area contributed by atoms with Crippen LogP contribution in [0.1, 0.15) is 11.4 Å². The number of hydrogen-bond donors (Lipinski definition) is 1. The molecule has 0 amide bonds. The SMILES string of the molecule is CN(C)c1nc(CNS(=O)(=O)c2cccc(C(F)(F)F)c2)nc(N(C)C)n1. The first-order valence-corrected chi connectivity index (χ1v) is 9.15. The van der Waals surface area contributed by atoms with E-state index in [9.17, 15) is 21.6 Å². The minimum atomic E-state index is -4.64. The summed E-state index contributed by atoms with van der Waals surface area (Å²) in [5.41, 5.74) is -1.05. The molecule has 1 N–H and O–H groups in total. The molecule has 2 aromatic rings. The second kappa shape index (κ2) is 7.64. The van der Waals surface area contributed by atoms with E-state index in [0.29, 0.717) is 18.0 Å². The zero-order chi connectivity index (χ0) is 20.4. The summed E-state index contributed by atoms with van der Waals surface area (Å²) in [6.45, 7) is -0.303. The summed E-state index contributed by atoms with van der Waals surface area (Å²) >= 11 is 0. The maximum absolute atomic E-state index is 12.8. The van der Waals surface area contributed by atoms with Crippen molar-refractivity contribution in [3.63, 3.8) is 0 Å². The molecule has 1 aromatic carbocycles. The first-order valence-electron chi connectivity index (χ1n) is 7.66. The molecule has 0 atom stereocenters. The second-order valence-electron chi connectivity index (χ2n) is 5.99. The highest BCUT2D eigenvalue weighted by Gasteiger charge is 2.31. The molecule has 2 rings (SSSR count). The van der Waals surface area contributed by atoms with Crippen molar-refractivity contribution in [3.05, 3.63) is 35.7 Å². The van der Waals surface area contributed by atoms with Gasteiger partial charge in [0, 0.05) is 28.2 Å². The molecule has 0 aliphatic rings. The Kier molecular flexibility index (Phi) is 5.90. The van der Waals surface area contributed by atoms with E-state index in [1.165, 1.54) is 0 Å². The van der Waals surface area contributed by atoms with E-state index < -0.39 is 26.7 Å². The second-order valence-corrected chi connectivity index (χ2v) is 7.76. The molecule has 0 aliphatic heterocycles. The third-order valence-corrected chi connectivity index (χ3v) is 4.75. The standard InChI is InChI=1S/C15H19F3N6O2S/c1-23(2)13-20-12(21-14(22-13)24(3)4)9-19-27(25,26)11-7-5-6-10(8-11)15(16,17)18/h5-8,19H,9H2,1-4H3. The highest BCUT2D eigenvalue weighted by Crippen LogP contribution is 2.30. The summed E-state index contributed by atoms with van der Waals surface area (Å²) in [4.78, 5) is 15.2. The Morgan fingerprint density at radius 2 is 1.56 bits per heavy atom. The molecule has 0 radical (unpaired) electrons. The Bertz CT molecular complexity index is 890. The quantitative estimate of drug-likeness (QED) is 0.780. The lowest BCUT2D eigenvalue weighted by Gasteiger charge is -2.16. The van der Waals surface area contributed by atoms with Gasteiger partial charge in [0.25, 0.3) is 0 Å². The molecule has 0 bridgehead atoms. The van der Waals surface area contributed by atoms with E-state index in [2.05, 4.69) is 19.7 Å². The fourth-order valence-electron chi connectivity index (χ4n) is 1.96. The van der Waals surface area contributed by atoms with Gasteiger partial charge in [-0.1, -0.05) is 6.07 Å². The number of anilines is 2. The number of hydrogen-bond acceptors (Lipinski definition) is 7. The Morgan fingerprint density at radius 1 is 1.00 bits per heavy atom. The largest absolute Gasteiger partial charge is 0.416 e. The monoisotopic (exact) mass is 404 g/mol. The van der Waals surface area contributed by atoms with Crippen molar-refractivity contribution in [2.45, 2.75) is 17.6 Å². The molecule has 27 heavy (non-hydrogen) atoms. The fraction of sp³-hybridized carbons (Fsp3) is 0.400. The van der Waals surface area contributed by atoms with Gasteiger partial charge in [0.1, 0.15) is 0 Å². The van der Waals surface area contributed by atoms with Crippen LogP contribution >= 0.6 is 0 Å². The van der Waals surface area contributed by atoms with Crippen molar-refractivity contribution >= 4 is 21.9 Å². The van der Waals surface area contributed by atoms with E-state index >= 15 is 0 Å². The summed E-state index contributed by atoms with van der Waals surface area (Å²) in [7, 11) is 2.67. The number of sulfonamides is 1. The molecule has 8 nitrogen and oxygen atoms in total. The maximum Gasteiger partial charge on any atom is 0.416 e. The first kappa shape index (κ1) is 20.8. The van der Waals surface area contributed by atoms with Gasteiger partial charge in [-0.05, 0) is 18.2 Å². The van der Waals surface area contributed by atoms with Gasteiger partial charge in [-0.25, -0.2) is 13.1 Å². The van der Waals surface area contributed by atoms with Crippen LogP contribution in [0.2, 0.25) is 0 Å². The third-order valence-electron chi connectivity index (χ3n) is 3.35. The van der Waals surface area contributed by atoms with Crippen molar-refractivity contribution in [1.29, 1.82) is 0 Å². The maximum atomic E-state index is 12.8. The van der Waals surface area contributed by atoms with Crippen molar-refractivity contribution < 1.29 is 21.6 Å². The van der Waals surface area contributed by atoms with Crippen LogP contribution in [0.3, 0.4) is 0 Å². The van der Waals surface area contributed by atoms with Crippen molar-refractivity contribution in [2.75, 3.05) is 38.0 Å². The van der Waals surface area contributed by atoms with E-state index in [-0.39, 0.29) is 12.4 Å². The number of nitrogens with one attached hydrogen (secondary N) is 1. The van der Waals surface area contributed by atoms with Gasteiger partial charge in [0.15, 0.2) is 5.82 Å². The summed E-state index contributed by atoms with van der Waals surface area (Å²) in [5.74, 6) is 0.775. The third kappa shape index (κ3) is 5.26. The van der Waals surface area contributed by atoms with E-state index in [1.807, 2.05) is 0 Å². The molecule has 1 heterocycles. The lowest BCUT2D eigenvalue weighted by molar-refractivity contribution is -0.137. The summed E-state index contributed by atoms with van der Waals surface area (Å²) in [6.07, 6.45) is -4.64. The van der Waals surface area contributed by atoms with Crippen LogP contribution in [0, 0.1) is 0 Å². The van der Waals surface area contributed by atoms with Crippen LogP contribution in [0.4, 0.5) is 25.1 Å². The molecule has 0 saturated carbocycles. The number of rotatable bonds is 6. The average Bonchev–Trinajstić information content (AvgIpc) is 2.59. The zero-order valence-electron chi connectivity index (χ0n) is 15.1. The Morgan fingerprint density at radius 3 is 2.04 bits per heavy atom. The molecule has 148 valence electrons. The molecule has 1 aromatic heterocycles. The summed E-state index contributed by atoms with van der Waals surface area (Å²) < 4.78 is 65.3. The highest BCUT2D eigenvalue weighted by molar-refractivity contribution is 7.89. The predicted molar refractivity (Wildman–Crippen MR) is 94.0 cm³/mol. The van der Waals surface area contributed by atoms with Gasteiger partial charge in [-0.15, -0.1) is 0 Å². The summed E-state index contributed by atoms with van der Waals surface area (Å²) in [5, 5.41) is 0. The van der Waals surface area contributed by atoms with E-state index in [1.54, 1.807) is 38.0 Å². The van der Waals surface area contributed by atoms with Gasteiger partial charge in [0.05, 0.1) is 17.0 Å². The van der Waals surface area contributed by atoms with Gasteiger partial charge >= 0.3 is 6.18 Å². The predicted octanol–water partition coefficient (Wildman–Crippen LogP) is 1.50. The van der Waals surface area contributed by atoms with Crippen LogP contribution in [0.25, 0.3) is 0 Å². The molecule has 0 spiro atoms. The van der Waals surface area contributed by atoms with Crippen LogP contribution in [0.5, 0.6) is 0 Å². The van der Waals surface area contributed by atoms with Crippen molar-refractivity contribution in [2.24, 2.45) is 0 Å². The topological polar surface area (TPSA) is 91.3 Å². The van der Waals surface area contributed by atoms with Gasteiger partial charge < -0.3 is 9.80 Å². The molecular formula is C15H19F3N6O2S. The molecule has 12 heteroatoms. The Labute approximate surface area is 155 Å². The normalized spacial score (nSPS) is 12.1. The Balaban J connectivity index is 2.28. The van der Waals surface area contributed by atoms with Crippen LogP contribution in [-0.2, 0) is 22.7 Å². The highest BCUT2D eigenvalue weighted by atomic mass is 32.2. The molecule has 0 aliphatic carbocycles. The minimum absolute atomic E-state index is 0.132. The number of benzene rings is 1. The van der Waals surface area contributed by atoms with Crippen LogP contribution in [-0.4, -0.2) is 51.6 Å². The van der Waals surface area contributed by atoms with Crippen LogP contribution in [0.15, 0.2) is 29.2 Å². The van der Waals surface area contributed by atoms with Crippen LogP contribution < -0.4 is 14.5 Å². The number of aromatic nitrogens is 3. The lowest BCUT2D eigenvalue weighted by atomic mass is 10.2. The van der Waals surface area contributed by atoms with Gasteiger partial charge in [-0.2, -0.15) is 28.1 Å². The average molecular weight is 404 g/mol. The zero-order valence-corrected chi connectivity index (χ0v) is 15.9. The first-order chi connectivity index (χ1) is 12.4. The van der Waals surface area contributed by atoms with Crippen molar-refractivity contribution in [3.8, 4) is 0 Å². The van der Waals surface area contributed by atoms with E-state index in [0.717, 1.165) is 18.2 Å². The molecule has 0 saturated heterocycles. The number of alkyl halides is 3. The molecule has 0 fully saturated rings. The lowest BCUT2D eigenvalue weighted by Crippen LogP contribution is -2.26. The van der Waals surface area contributed by atoms with Crippen molar-refractivity contribution in [1.82, 2.24) is 19.7 Å². The number of nitrogens with zero attached hydrogens (tertiary/aromatic N) is 5. The van der Waals surface area contributed by atoms with E-state index in [4.69, 9.17) is 0 Å². The minimum Gasteiger partial charge on any atom is -0.347 e. The molecular weight excluding hydrogens is 385 g/mol. The smallest absolute Gasteiger partial charge is 0.347 e. The van der Waals surface area contributed by atoms with Gasteiger partial charge in [-0.3, -0.25) is 0 Å². The fourth-order valence-corrected chi connectivity index (χ4v) is 2.98. The Hall–Kier alpha value is -2.47. The molecule has 0 unspecified atom stereocenters. The summed E-state index contributed by atoms with van der Waals surface area (Å²) in [6, 6.07) is 3.50.